The Balaban J connectivity index is 1.64. The topological polar surface area (TPSA) is 55.3 Å². The Kier molecular flexibility index (Phi) is 5.59. The number of aromatic nitrogens is 2. The molecule has 0 spiro atoms. The van der Waals surface area contributed by atoms with Crippen LogP contribution in [0.15, 0.2) is 67.1 Å². The van der Waals surface area contributed by atoms with E-state index in [1.165, 1.54) is 0 Å². The van der Waals surface area contributed by atoms with Crippen LogP contribution >= 0.6 is 0 Å². The molecule has 0 fully saturated rings. The minimum atomic E-state index is -0.0272. The molecule has 0 aliphatic heterocycles. The van der Waals surface area contributed by atoms with Gasteiger partial charge in [-0.05, 0) is 54.4 Å². The number of amides is 1. The summed E-state index contributed by atoms with van der Waals surface area (Å²) >= 11 is 0. The van der Waals surface area contributed by atoms with Crippen LogP contribution in [0.25, 0.3) is 0 Å². The van der Waals surface area contributed by atoms with Crippen molar-refractivity contribution in [1.29, 1.82) is 0 Å². The zero-order valence-corrected chi connectivity index (χ0v) is 14.9. The first kappa shape index (κ1) is 17.6. The molecule has 5 nitrogen and oxygen atoms in total. The first-order chi connectivity index (χ1) is 12.6. The Morgan fingerprint density at radius 3 is 2.62 bits per heavy atom. The van der Waals surface area contributed by atoms with Crippen molar-refractivity contribution in [2.75, 3.05) is 7.05 Å². The van der Waals surface area contributed by atoms with Crippen LogP contribution in [0.1, 0.15) is 27.2 Å². The summed E-state index contributed by atoms with van der Waals surface area (Å²) in [5, 5.41) is 0. The van der Waals surface area contributed by atoms with Gasteiger partial charge in [0.25, 0.3) is 5.91 Å². The highest BCUT2D eigenvalue weighted by Gasteiger charge is 2.12. The molecule has 0 N–H and O–H groups in total. The summed E-state index contributed by atoms with van der Waals surface area (Å²) in [6.07, 6.45) is 5.16. The van der Waals surface area contributed by atoms with Crippen LogP contribution in [0, 0.1) is 6.92 Å². The highest BCUT2D eigenvalue weighted by Crippen LogP contribution is 2.14. The summed E-state index contributed by atoms with van der Waals surface area (Å²) in [5.74, 6) is 0.683. The van der Waals surface area contributed by atoms with E-state index in [1.807, 2.05) is 55.5 Å². The molecule has 2 heterocycles. The molecule has 0 bridgehead atoms. The third-order valence-electron chi connectivity index (χ3n) is 3.98. The molecule has 3 aromatic rings. The lowest BCUT2D eigenvalue weighted by molar-refractivity contribution is 0.0785. The van der Waals surface area contributed by atoms with Crippen molar-refractivity contribution in [2.45, 2.75) is 20.1 Å². The molecule has 2 aromatic heterocycles. The average Bonchev–Trinajstić information content (AvgIpc) is 2.68. The van der Waals surface area contributed by atoms with Gasteiger partial charge in [0.05, 0.1) is 6.20 Å². The molecule has 0 aliphatic carbocycles. The number of hydrogen-bond acceptors (Lipinski definition) is 4. The highest BCUT2D eigenvalue weighted by atomic mass is 16.5. The molecule has 26 heavy (non-hydrogen) atoms. The Morgan fingerprint density at radius 2 is 1.88 bits per heavy atom. The number of nitrogens with zero attached hydrogens (tertiary/aromatic N) is 3. The van der Waals surface area contributed by atoms with Gasteiger partial charge in [-0.2, -0.15) is 0 Å². The van der Waals surface area contributed by atoms with Gasteiger partial charge in [-0.3, -0.25) is 14.8 Å². The lowest BCUT2D eigenvalue weighted by Crippen LogP contribution is -2.26. The van der Waals surface area contributed by atoms with Crippen molar-refractivity contribution in [1.82, 2.24) is 14.9 Å². The smallest absolute Gasteiger partial charge is 0.253 e. The summed E-state index contributed by atoms with van der Waals surface area (Å²) in [6, 6.07) is 15.1. The van der Waals surface area contributed by atoms with Gasteiger partial charge in [0.2, 0.25) is 0 Å². The van der Waals surface area contributed by atoms with Crippen LogP contribution < -0.4 is 4.74 Å². The fraction of sp³-hybridized carbons (Fsp3) is 0.190. The number of carbonyl (C=O) groups is 1. The molecule has 0 saturated carbocycles. The van der Waals surface area contributed by atoms with E-state index in [0.717, 1.165) is 16.8 Å². The SMILES string of the molecule is Cc1ccc(OCc2cccc(C(=O)N(C)Cc3ccncc3)c2)cn1. The monoisotopic (exact) mass is 347 g/mol. The van der Waals surface area contributed by atoms with Crippen LogP contribution in [-0.2, 0) is 13.2 Å². The second kappa shape index (κ2) is 8.25. The van der Waals surface area contributed by atoms with Crippen molar-refractivity contribution >= 4 is 5.91 Å². The number of aryl methyl sites for hydroxylation is 1. The summed E-state index contributed by atoms with van der Waals surface area (Å²) < 4.78 is 5.74. The average molecular weight is 347 g/mol. The normalized spacial score (nSPS) is 10.4. The van der Waals surface area contributed by atoms with Crippen molar-refractivity contribution in [3.8, 4) is 5.75 Å². The van der Waals surface area contributed by atoms with Crippen LogP contribution in [0.3, 0.4) is 0 Å². The molecule has 1 aromatic carbocycles. The molecule has 0 aliphatic rings. The Hall–Kier alpha value is -3.21. The van der Waals surface area contributed by atoms with Gasteiger partial charge in [-0.25, -0.2) is 0 Å². The second-order valence-electron chi connectivity index (χ2n) is 6.14. The minimum Gasteiger partial charge on any atom is -0.487 e. The van der Waals surface area contributed by atoms with E-state index in [9.17, 15) is 4.79 Å². The van der Waals surface area contributed by atoms with Gasteiger partial charge >= 0.3 is 0 Å². The Labute approximate surface area is 153 Å². The summed E-state index contributed by atoms with van der Waals surface area (Å²) in [4.78, 5) is 22.6. The molecule has 0 atom stereocenters. The number of benzene rings is 1. The molecule has 0 radical (unpaired) electrons. The standard InChI is InChI=1S/C21H21N3O2/c1-16-6-7-20(13-23-16)26-15-18-4-3-5-19(12-18)21(25)24(2)14-17-8-10-22-11-9-17/h3-13H,14-15H2,1-2H3. The van der Waals surface area contributed by atoms with Gasteiger partial charge in [0.15, 0.2) is 0 Å². The number of ether oxygens (including phenoxy) is 1. The predicted molar refractivity (Wildman–Crippen MR) is 99.8 cm³/mol. The molecule has 3 rings (SSSR count). The van der Waals surface area contributed by atoms with E-state index < -0.39 is 0 Å². The van der Waals surface area contributed by atoms with Crippen molar-refractivity contribution in [2.24, 2.45) is 0 Å². The maximum absolute atomic E-state index is 12.7. The van der Waals surface area contributed by atoms with Gasteiger partial charge in [-0.15, -0.1) is 0 Å². The fourth-order valence-corrected chi connectivity index (χ4v) is 2.55. The van der Waals surface area contributed by atoms with Crippen molar-refractivity contribution < 1.29 is 9.53 Å². The number of carbonyl (C=O) groups excluding carboxylic acids is 1. The van der Waals surface area contributed by atoms with Crippen molar-refractivity contribution in [3.63, 3.8) is 0 Å². The van der Waals surface area contributed by atoms with Crippen molar-refractivity contribution in [3.05, 3.63) is 89.5 Å². The molecule has 5 heteroatoms. The van der Waals surface area contributed by atoms with Gasteiger partial charge in [0, 0.05) is 37.2 Å². The Bertz CT molecular complexity index is 864. The Morgan fingerprint density at radius 1 is 1.08 bits per heavy atom. The first-order valence-electron chi connectivity index (χ1n) is 8.40. The maximum atomic E-state index is 12.7. The van der Waals surface area contributed by atoms with Crippen LogP contribution in [0.5, 0.6) is 5.75 Å². The molecular formula is C21H21N3O2. The first-order valence-corrected chi connectivity index (χ1v) is 8.40. The quantitative estimate of drug-likeness (QED) is 0.683. The molecule has 1 amide bonds. The van der Waals surface area contributed by atoms with Gasteiger partial charge in [-0.1, -0.05) is 12.1 Å². The number of rotatable bonds is 6. The minimum absolute atomic E-state index is 0.0272. The number of pyridine rings is 2. The molecule has 0 unspecified atom stereocenters. The highest BCUT2D eigenvalue weighted by molar-refractivity contribution is 5.94. The zero-order valence-electron chi connectivity index (χ0n) is 14.9. The second-order valence-corrected chi connectivity index (χ2v) is 6.14. The van der Waals surface area contributed by atoms with Crippen LogP contribution in [-0.4, -0.2) is 27.8 Å². The molecule has 0 saturated heterocycles. The fourth-order valence-electron chi connectivity index (χ4n) is 2.55. The van der Waals surface area contributed by atoms with Gasteiger partial charge in [0.1, 0.15) is 12.4 Å². The van der Waals surface area contributed by atoms with Gasteiger partial charge < -0.3 is 9.64 Å². The molecular weight excluding hydrogens is 326 g/mol. The van der Waals surface area contributed by atoms with E-state index in [0.29, 0.717) is 24.5 Å². The number of hydrogen-bond donors (Lipinski definition) is 0. The summed E-state index contributed by atoms with van der Waals surface area (Å²) in [6.45, 7) is 2.86. The summed E-state index contributed by atoms with van der Waals surface area (Å²) in [5.41, 5.74) is 3.57. The zero-order chi connectivity index (χ0) is 18.4. The lowest BCUT2D eigenvalue weighted by atomic mass is 10.1. The third-order valence-corrected chi connectivity index (χ3v) is 3.98. The lowest BCUT2D eigenvalue weighted by Gasteiger charge is -2.17. The van der Waals surface area contributed by atoms with E-state index in [2.05, 4.69) is 9.97 Å². The van der Waals surface area contributed by atoms with E-state index in [-0.39, 0.29) is 5.91 Å². The van der Waals surface area contributed by atoms with E-state index in [4.69, 9.17) is 4.74 Å². The molecule has 132 valence electrons. The van der Waals surface area contributed by atoms with Crippen LogP contribution in [0.2, 0.25) is 0 Å². The predicted octanol–water partition coefficient (Wildman–Crippen LogP) is 3.64. The maximum Gasteiger partial charge on any atom is 0.253 e. The van der Waals surface area contributed by atoms with Crippen LogP contribution in [0.4, 0.5) is 0 Å². The summed E-state index contributed by atoms with van der Waals surface area (Å²) in [7, 11) is 1.80. The van der Waals surface area contributed by atoms with E-state index >= 15 is 0 Å². The largest absolute Gasteiger partial charge is 0.487 e. The third kappa shape index (κ3) is 4.66. The van der Waals surface area contributed by atoms with E-state index in [1.54, 1.807) is 30.5 Å².